The number of hydrogen-bond donors (Lipinski definition) is 2. The van der Waals surface area contributed by atoms with E-state index in [0.717, 1.165) is 24.2 Å². The summed E-state index contributed by atoms with van der Waals surface area (Å²) < 4.78 is 13.0. The first-order chi connectivity index (χ1) is 8.66. The van der Waals surface area contributed by atoms with Gasteiger partial charge in [0.15, 0.2) is 0 Å². The Balaban J connectivity index is 1.87. The number of halogens is 2. The van der Waals surface area contributed by atoms with E-state index in [9.17, 15) is 4.39 Å². The largest absolute Gasteiger partial charge is 0.348 e. The molecule has 0 aliphatic rings. The van der Waals surface area contributed by atoms with Gasteiger partial charge in [0.2, 0.25) is 0 Å². The normalized spacial score (nSPS) is 12.6. The zero-order valence-electron chi connectivity index (χ0n) is 10.1. The van der Waals surface area contributed by atoms with Crippen LogP contribution in [-0.2, 0) is 6.42 Å². The molecule has 0 spiro atoms. The number of aromatic amines is 1. The second-order valence-corrected chi connectivity index (χ2v) is 4.58. The number of aromatic nitrogens is 2. The monoisotopic (exact) mass is 267 g/mol. The van der Waals surface area contributed by atoms with E-state index in [0.29, 0.717) is 0 Å². The molecule has 1 unspecified atom stereocenters. The van der Waals surface area contributed by atoms with Gasteiger partial charge in [-0.2, -0.15) is 0 Å². The number of rotatable bonds is 5. The first-order valence-corrected chi connectivity index (χ1v) is 6.20. The van der Waals surface area contributed by atoms with E-state index >= 15 is 0 Å². The van der Waals surface area contributed by atoms with E-state index in [1.807, 2.05) is 6.92 Å². The van der Waals surface area contributed by atoms with Gasteiger partial charge < -0.3 is 10.3 Å². The molecule has 0 saturated carbocycles. The van der Waals surface area contributed by atoms with Crippen LogP contribution in [0, 0.1) is 5.82 Å². The summed E-state index contributed by atoms with van der Waals surface area (Å²) in [6, 6.07) is 4.93. The molecule has 0 bridgehead atoms. The summed E-state index contributed by atoms with van der Waals surface area (Å²) in [7, 11) is 0. The number of benzene rings is 1. The van der Waals surface area contributed by atoms with Crippen LogP contribution in [0.1, 0.15) is 24.2 Å². The predicted molar refractivity (Wildman–Crippen MR) is 70.1 cm³/mol. The Kier molecular flexibility index (Phi) is 4.33. The van der Waals surface area contributed by atoms with Crippen molar-refractivity contribution in [1.82, 2.24) is 15.3 Å². The van der Waals surface area contributed by atoms with Gasteiger partial charge in [-0.3, -0.25) is 0 Å². The smallest absolute Gasteiger partial charge is 0.141 e. The van der Waals surface area contributed by atoms with Gasteiger partial charge in [-0.15, -0.1) is 0 Å². The van der Waals surface area contributed by atoms with Gasteiger partial charge in [-0.05, 0) is 24.6 Å². The molecule has 96 valence electrons. The van der Waals surface area contributed by atoms with Gasteiger partial charge in [0.1, 0.15) is 5.82 Å². The molecule has 0 fully saturated rings. The maximum atomic E-state index is 13.0. The number of hydrogen-bond acceptors (Lipinski definition) is 2. The molecule has 2 aromatic rings. The van der Waals surface area contributed by atoms with Crippen LogP contribution in [0.25, 0.3) is 0 Å². The van der Waals surface area contributed by atoms with Crippen molar-refractivity contribution >= 4 is 11.6 Å². The van der Waals surface area contributed by atoms with Gasteiger partial charge in [0, 0.05) is 30.9 Å². The second-order valence-electron chi connectivity index (χ2n) is 4.18. The first kappa shape index (κ1) is 13.1. The molecule has 1 aromatic carbocycles. The van der Waals surface area contributed by atoms with Crippen molar-refractivity contribution in [2.75, 3.05) is 6.54 Å². The lowest BCUT2D eigenvalue weighted by molar-refractivity contribution is 0.571. The highest BCUT2D eigenvalue weighted by atomic mass is 35.5. The van der Waals surface area contributed by atoms with Crippen LogP contribution in [0.15, 0.2) is 30.7 Å². The van der Waals surface area contributed by atoms with Crippen LogP contribution in [0.5, 0.6) is 0 Å². The van der Waals surface area contributed by atoms with E-state index in [2.05, 4.69) is 15.3 Å². The highest BCUT2D eigenvalue weighted by molar-refractivity contribution is 6.30. The third kappa shape index (κ3) is 3.31. The van der Waals surface area contributed by atoms with Crippen LogP contribution >= 0.6 is 11.6 Å². The minimum atomic E-state index is -0.384. The maximum Gasteiger partial charge on any atom is 0.141 e. The molecule has 0 aliphatic heterocycles. The Hall–Kier alpha value is -1.39. The molecule has 1 heterocycles. The van der Waals surface area contributed by atoms with Crippen molar-refractivity contribution in [2.24, 2.45) is 0 Å². The van der Waals surface area contributed by atoms with E-state index in [1.54, 1.807) is 24.7 Å². The molecule has 0 aliphatic carbocycles. The van der Waals surface area contributed by atoms with Crippen LogP contribution in [0.4, 0.5) is 4.39 Å². The number of imidazole rings is 1. The van der Waals surface area contributed by atoms with Gasteiger partial charge in [-0.1, -0.05) is 17.7 Å². The van der Waals surface area contributed by atoms with Crippen molar-refractivity contribution < 1.29 is 4.39 Å². The highest BCUT2D eigenvalue weighted by Gasteiger charge is 2.07. The van der Waals surface area contributed by atoms with Gasteiger partial charge >= 0.3 is 0 Å². The SMILES string of the molecule is CC(NCCc1cnc[nH]1)c1ccc(F)c(Cl)c1. The fourth-order valence-electron chi connectivity index (χ4n) is 1.74. The van der Waals surface area contributed by atoms with E-state index in [-0.39, 0.29) is 16.9 Å². The number of nitrogens with one attached hydrogen (secondary N) is 2. The lowest BCUT2D eigenvalue weighted by Crippen LogP contribution is -2.21. The molecule has 0 amide bonds. The summed E-state index contributed by atoms with van der Waals surface area (Å²) in [5.74, 6) is -0.384. The first-order valence-electron chi connectivity index (χ1n) is 5.82. The van der Waals surface area contributed by atoms with E-state index < -0.39 is 0 Å². The third-order valence-electron chi connectivity index (χ3n) is 2.84. The Morgan fingerprint density at radius 2 is 2.33 bits per heavy atom. The fraction of sp³-hybridized carbons (Fsp3) is 0.308. The van der Waals surface area contributed by atoms with Crippen molar-refractivity contribution in [3.8, 4) is 0 Å². The number of H-pyrrole nitrogens is 1. The summed E-state index contributed by atoms with van der Waals surface area (Å²) in [5, 5.41) is 3.52. The summed E-state index contributed by atoms with van der Waals surface area (Å²) in [6.07, 6.45) is 4.35. The Morgan fingerprint density at radius 1 is 1.50 bits per heavy atom. The Labute approximate surface area is 110 Å². The highest BCUT2D eigenvalue weighted by Crippen LogP contribution is 2.20. The molecule has 0 saturated heterocycles. The Morgan fingerprint density at radius 3 is 3.00 bits per heavy atom. The minimum Gasteiger partial charge on any atom is -0.348 e. The second kappa shape index (κ2) is 5.98. The predicted octanol–water partition coefficient (Wildman–Crippen LogP) is 3.10. The molecule has 0 radical (unpaired) electrons. The van der Waals surface area contributed by atoms with Crippen LogP contribution < -0.4 is 5.32 Å². The van der Waals surface area contributed by atoms with E-state index in [4.69, 9.17) is 11.6 Å². The Bertz CT molecular complexity index is 499. The lowest BCUT2D eigenvalue weighted by Gasteiger charge is -2.14. The molecule has 2 N–H and O–H groups in total. The van der Waals surface area contributed by atoms with Crippen LogP contribution in [0.2, 0.25) is 5.02 Å². The standard InChI is InChI=1S/C13H15ClFN3/c1-9(10-2-3-13(15)12(14)6-10)17-5-4-11-7-16-8-18-11/h2-3,6-9,17H,4-5H2,1H3,(H,16,18). The zero-order chi connectivity index (χ0) is 13.0. The molecule has 1 atom stereocenters. The van der Waals surface area contributed by atoms with Crippen molar-refractivity contribution in [2.45, 2.75) is 19.4 Å². The molecule has 1 aromatic heterocycles. The summed E-state index contributed by atoms with van der Waals surface area (Å²) in [5.41, 5.74) is 2.07. The quantitative estimate of drug-likeness (QED) is 0.874. The molecule has 18 heavy (non-hydrogen) atoms. The molecule has 3 nitrogen and oxygen atoms in total. The molecule has 2 rings (SSSR count). The van der Waals surface area contributed by atoms with Gasteiger partial charge in [-0.25, -0.2) is 9.37 Å². The topological polar surface area (TPSA) is 40.7 Å². The van der Waals surface area contributed by atoms with E-state index in [1.165, 1.54) is 6.07 Å². The van der Waals surface area contributed by atoms with Crippen molar-refractivity contribution in [3.63, 3.8) is 0 Å². The third-order valence-corrected chi connectivity index (χ3v) is 3.13. The summed E-state index contributed by atoms with van der Waals surface area (Å²) in [4.78, 5) is 7.00. The van der Waals surface area contributed by atoms with Crippen LogP contribution in [-0.4, -0.2) is 16.5 Å². The number of nitrogens with zero attached hydrogens (tertiary/aromatic N) is 1. The zero-order valence-corrected chi connectivity index (χ0v) is 10.8. The average molecular weight is 268 g/mol. The molecular formula is C13H15ClFN3. The summed E-state index contributed by atoms with van der Waals surface area (Å²) >= 11 is 5.76. The minimum absolute atomic E-state index is 0.131. The van der Waals surface area contributed by atoms with Crippen molar-refractivity contribution in [3.05, 3.63) is 52.8 Å². The van der Waals surface area contributed by atoms with Gasteiger partial charge in [0.05, 0.1) is 11.3 Å². The average Bonchev–Trinajstić information content (AvgIpc) is 2.85. The lowest BCUT2D eigenvalue weighted by atomic mass is 10.1. The van der Waals surface area contributed by atoms with Crippen molar-refractivity contribution in [1.29, 1.82) is 0 Å². The summed E-state index contributed by atoms with van der Waals surface area (Å²) in [6.45, 7) is 2.84. The maximum absolute atomic E-state index is 13.0. The van der Waals surface area contributed by atoms with Gasteiger partial charge in [0.25, 0.3) is 0 Å². The molecule has 5 heteroatoms. The molecular weight excluding hydrogens is 253 g/mol. The van der Waals surface area contributed by atoms with Crippen LogP contribution in [0.3, 0.4) is 0 Å². The fourth-order valence-corrected chi connectivity index (χ4v) is 1.93.